The van der Waals surface area contributed by atoms with Crippen LogP contribution in [0.15, 0.2) is 48.5 Å². The van der Waals surface area contributed by atoms with Gasteiger partial charge in [0, 0.05) is 5.69 Å². The second-order valence-electron chi connectivity index (χ2n) is 4.82. The maximum Gasteiger partial charge on any atom is 0.422 e. The van der Waals surface area contributed by atoms with E-state index in [1.54, 1.807) is 12.1 Å². The number of amides is 3. The summed E-state index contributed by atoms with van der Waals surface area (Å²) >= 11 is 5.86. The highest BCUT2D eigenvalue weighted by Gasteiger charge is 2.28. The van der Waals surface area contributed by atoms with Crippen LogP contribution in [0.5, 0.6) is 5.75 Å². The molecule has 5 nitrogen and oxygen atoms in total. The topological polar surface area (TPSA) is 67.4 Å². The highest BCUT2D eigenvalue weighted by molar-refractivity contribution is 6.34. The average Bonchev–Trinajstić information content (AvgIpc) is 2.53. The monoisotopic (exact) mass is 372 g/mol. The van der Waals surface area contributed by atoms with Gasteiger partial charge in [-0.05, 0) is 36.4 Å². The molecule has 0 saturated carbocycles. The maximum absolute atomic E-state index is 12.1. The Morgan fingerprint density at radius 3 is 2.28 bits per heavy atom. The van der Waals surface area contributed by atoms with E-state index in [9.17, 15) is 22.8 Å². The fraction of sp³-hybridized carbons (Fsp3) is 0.125. The molecule has 3 amide bonds. The smallest absolute Gasteiger partial charge is 0.422 e. The molecule has 0 heterocycles. The molecule has 2 aromatic rings. The lowest BCUT2D eigenvalue weighted by molar-refractivity contribution is -0.153. The Balaban J connectivity index is 1.90. The molecule has 0 unspecified atom stereocenters. The molecule has 0 saturated heterocycles. The minimum Gasteiger partial charge on any atom is -0.484 e. The zero-order valence-electron chi connectivity index (χ0n) is 12.6. The molecule has 0 aromatic heterocycles. The van der Waals surface area contributed by atoms with Crippen LogP contribution in [0.3, 0.4) is 0 Å². The molecule has 2 aromatic carbocycles. The van der Waals surface area contributed by atoms with Gasteiger partial charge < -0.3 is 10.1 Å². The third-order valence-electron chi connectivity index (χ3n) is 2.86. The zero-order chi connectivity index (χ0) is 18.4. The minimum atomic E-state index is -4.43. The van der Waals surface area contributed by atoms with Crippen molar-refractivity contribution in [3.05, 3.63) is 59.1 Å². The summed E-state index contributed by atoms with van der Waals surface area (Å²) in [5, 5.41) is 4.66. The predicted molar refractivity (Wildman–Crippen MR) is 85.9 cm³/mol. The number of halogens is 4. The normalized spacial score (nSPS) is 10.9. The first-order valence-electron chi connectivity index (χ1n) is 6.91. The van der Waals surface area contributed by atoms with Gasteiger partial charge in [-0.1, -0.05) is 23.7 Å². The van der Waals surface area contributed by atoms with Crippen LogP contribution in [0.4, 0.5) is 23.7 Å². The van der Waals surface area contributed by atoms with E-state index < -0.39 is 24.7 Å². The third kappa shape index (κ3) is 6.00. The van der Waals surface area contributed by atoms with E-state index in [4.69, 9.17) is 11.6 Å². The Hall–Kier alpha value is -2.74. The zero-order valence-corrected chi connectivity index (χ0v) is 13.3. The summed E-state index contributed by atoms with van der Waals surface area (Å²) in [4.78, 5) is 23.7. The van der Waals surface area contributed by atoms with Crippen molar-refractivity contribution in [1.82, 2.24) is 5.32 Å². The third-order valence-corrected chi connectivity index (χ3v) is 3.19. The summed E-state index contributed by atoms with van der Waals surface area (Å²) in [6, 6.07) is 10.6. The largest absolute Gasteiger partial charge is 0.484 e. The first kappa shape index (κ1) is 18.6. The fourth-order valence-electron chi connectivity index (χ4n) is 1.78. The number of ether oxygens (including phenoxy) is 1. The SMILES string of the molecule is O=C(NC(=O)c1ccccc1Cl)Nc1ccc(OCC(F)(F)F)cc1. The van der Waals surface area contributed by atoms with Gasteiger partial charge in [-0.3, -0.25) is 10.1 Å². The first-order valence-corrected chi connectivity index (χ1v) is 7.29. The Kier molecular flexibility index (Phi) is 5.87. The maximum atomic E-state index is 12.1. The predicted octanol–water partition coefficient (Wildman–Crippen LogP) is 4.24. The molecule has 0 aliphatic rings. The molecule has 0 fully saturated rings. The van der Waals surface area contributed by atoms with E-state index in [1.807, 2.05) is 0 Å². The van der Waals surface area contributed by atoms with Crippen LogP contribution in [0, 0.1) is 0 Å². The molecule has 0 radical (unpaired) electrons. The molecule has 0 bridgehead atoms. The second kappa shape index (κ2) is 7.89. The van der Waals surface area contributed by atoms with E-state index in [2.05, 4.69) is 15.4 Å². The van der Waals surface area contributed by atoms with Gasteiger partial charge in [0.15, 0.2) is 6.61 Å². The Bertz CT molecular complexity index is 764. The number of carbonyl (C=O) groups is 2. The molecule has 25 heavy (non-hydrogen) atoms. The molecular weight excluding hydrogens is 361 g/mol. The van der Waals surface area contributed by atoms with Gasteiger partial charge in [0.25, 0.3) is 5.91 Å². The summed E-state index contributed by atoms with van der Waals surface area (Å²) in [7, 11) is 0. The fourth-order valence-corrected chi connectivity index (χ4v) is 2.00. The summed E-state index contributed by atoms with van der Waals surface area (Å²) in [5.74, 6) is -0.691. The summed E-state index contributed by atoms with van der Waals surface area (Å²) in [6.45, 7) is -1.41. The van der Waals surface area contributed by atoms with Crippen LogP contribution in [0.2, 0.25) is 5.02 Å². The van der Waals surface area contributed by atoms with Crippen molar-refractivity contribution in [3.8, 4) is 5.75 Å². The number of carbonyl (C=O) groups excluding carboxylic acids is 2. The second-order valence-corrected chi connectivity index (χ2v) is 5.22. The minimum absolute atomic E-state index is 0.00423. The number of nitrogens with one attached hydrogen (secondary N) is 2. The number of hydrogen-bond donors (Lipinski definition) is 2. The van der Waals surface area contributed by atoms with Crippen molar-refractivity contribution in [2.24, 2.45) is 0 Å². The number of anilines is 1. The Morgan fingerprint density at radius 1 is 1.04 bits per heavy atom. The van der Waals surface area contributed by atoms with Crippen molar-refractivity contribution >= 4 is 29.2 Å². The summed E-state index contributed by atoms with van der Waals surface area (Å²) in [6.07, 6.45) is -4.43. The van der Waals surface area contributed by atoms with E-state index in [1.165, 1.54) is 36.4 Å². The number of hydrogen-bond acceptors (Lipinski definition) is 3. The van der Waals surface area contributed by atoms with Crippen molar-refractivity contribution in [2.45, 2.75) is 6.18 Å². The van der Waals surface area contributed by atoms with Gasteiger partial charge in [-0.15, -0.1) is 0 Å². The van der Waals surface area contributed by atoms with E-state index in [0.29, 0.717) is 0 Å². The van der Waals surface area contributed by atoms with Gasteiger partial charge in [0.1, 0.15) is 5.75 Å². The van der Waals surface area contributed by atoms with Crippen LogP contribution >= 0.6 is 11.6 Å². The Labute approximate surface area is 145 Å². The molecule has 2 N–H and O–H groups in total. The molecule has 0 spiro atoms. The van der Waals surface area contributed by atoms with Crippen LogP contribution in [0.1, 0.15) is 10.4 Å². The molecular formula is C16H12ClF3N2O3. The standard InChI is InChI=1S/C16H12ClF3N2O3/c17-13-4-2-1-3-12(13)14(23)22-15(24)21-10-5-7-11(8-6-10)25-9-16(18,19)20/h1-8H,9H2,(H2,21,22,23,24). The molecule has 132 valence electrons. The molecule has 9 heteroatoms. The van der Waals surface area contributed by atoms with Crippen molar-refractivity contribution < 1.29 is 27.5 Å². The lowest BCUT2D eigenvalue weighted by atomic mass is 10.2. The highest BCUT2D eigenvalue weighted by atomic mass is 35.5. The number of urea groups is 1. The summed E-state index contributed by atoms with van der Waals surface area (Å²) < 4.78 is 40.7. The van der Waals surface area contributed by atoms with E-state index in [-0.39, 0.29) is 22.0 Å². The van der Waals surface area contributed by atoms with E-state index in [0.717, 1.165) is 0 Å². The van der Waals surface area contributed by atoms with Crippen LogP contribution in [-0.4, -0.2) is 24.7 Å². The van der Waals surface area contributed by atoms with Gasteiger partial charge in [0.05, 0.1) is 10.6 Å². The van der Waals surface area contributed by atoms with Crippen molar-refractivity contribution in [1.29, 1.82) is 0 Å². The van der Waals surface area contributed by atoms with Gasteiger partial charge in [-0.2, -0.15) is 13.2 Å². The van der Waals surface area contributed by atoms with E-state index >= 15 is 0 Å². The highest BCUT2D eigenvalue weighted by Crippen LogP contribution is 2.20. The lowest BCUT2D eigenvalue weighted by Crippen LogP contribution is -2.34. The van der Waals surface area contributed by atoms with Crippen LogP contribution in [-0.2, 0) is 0 Å². The first-order chi connectivity index (χ1) is 11.7. The van der Waals surface area contributed by atoms with Gasteiger partial charge >= 0.3 is 12.2 Å². The molecule has 0 atom stereocenters. The van der Waals surface area contributed by atoms with Crippen molar-refractivity contribution in [3.63, 3.8) is 0 Å². The lowest BCUT2D eigenvalue weighted by Gasteiger charge is -2.10. The molecule has 2 rings (SSSR count). The number of alkyl halides is 3. The number of rotatable bonds is 4. The molecule has 0 aliphatic heterocycles. The van der Waals surface area contributed by atoms with Gasteiger partial charge in [-0.25, -0.2) is 4.79 Å². The van der Waals surface area contributed by atoms with Crippen LogP contribution in [0.25, 0.3) is 0 Å². The van der Waals surface area contributed by atoms with Crippen molar-refractivity contribution in [2.75, 3.05) is 11.9 Å². The average molecular weight is 373 g/mol. The number of benzene rings is 2. The number of imide groups is 1. The Morgan fingerprint density at radius 2 is 1.68 bits per heavy atom. The van der Waals surface area contributed by atoms with Crippen LogP contribution < -0.4 is 15.4 Å². The molecule has 0 aliphatic carbocycles. The summed E-state index contributed by atoms with van der Waals surface area (Å²) in [5.41, 5.74) is 0.402. The van der Waals surface area contributed by atoms with Gasteiger partial charge in [0.2, 0.25) is 0 Å². The quantitative estimate of drug-likeness (QED) is 0.843.